The van der Waals surface area contributed by atoms with Crippen LogP contribution in [-0.2, 0) is 21.7 Å². The Morgan fingerprint density at radius 3 is 1.24 bits per heavy atom. The van der Waals surface area contributed by atoms with Crippen molar-refractivity contribution in [2.45, 2.75) is 118 Å². The molecule has 11 rings (SSSR count). The Kier molecular flexibility index (Phi) is 11.2. The van der Waals surface area contributed by atoms with E-state index in [4.69, 9.17) is 15.0 Å². The zero-order valence-corrected chi connectivity index (χ0v) is 44.2. The molecular weight excluding hydrogens is 875 g/mol. The first-order chi connectivity index (χ1) is 34.2. The molecule has 3 heterocycles. The molecule has 1 aliphatic rings. The molecule has 0 unspecified atom stereocenters. The second-order valence-electron chi connectivity index (χ2n) is 24.2. The van der Waals surface area contributed by atoms with E-state index in [1.54, 1.807) is 0 Å². The van der Waals surface area contributed by atoms with Crippen molar-refractivity contribution in [3.63, 3.8) is 0 Å². The Morgan fingerprint density at radius 2 is 0.806 bits per heavy atom. The Balaban J connectivity index is 1.16. The van der Waals surface area contributed by atoms with Crippen LogP contribution in [0.25, 0.3) is 94.5 Å². The van der Waals surface area contributed by atoms with Gasteiger partial charge in [-0.05, 0) is 135 Å². The van der Waals surface area contributed by atoms with Gasteiger partial charge in [0.2, 0.25) is 0 Å². The lowest BCUT2D eigenvalue weighted by molar-refractivity contribution is 0.590. The summed E-state index contributed by atoms with van der Waals surface area (Å²) in [6, 6.07) is 54.7. The molecule has 360 valence electrons. The first-order valence-corrected chi connectivity index (χ1v) is 25.8. The van der Waals surface area contributed by atoms with Crippen LogP contribution >= 0.6 is 0 Å². The monoisotopic (exact) mass is 942 g/mol. The highest BCUT2D eigenvalue weighted by atomic mass is 15.0. The third kappa shape index (κ3) is 8.47. The molecule has 3 aromatic heterocycles. The van der Waals surface area contributed by atoms with E-state index in [1.165, 1.54) is 65.9 Å². The molecule has 0 radical (unpaired) electrons. The maximum atomic E-state index is 5.15. The summed E-state index contributed by atoms with van der Waals surface area (Å²) in [5.41, 5.74) is 17.6. The van der Waals surface area contributed by atoms with Gasteiger partial charge in [0.1, 0.15) is 0 Å². The summed E-state index contributed by atoms with van der Waals surface area (Å²) < 4.78 is 4.99. The molecule has 1 aliphatic carbocycles. The number of nitrogens with zero attached hydrogens (tertiary/aromatic N) is 5. The highest BCUT2D eigenvalue weighted by molar-refractivity contribution is 6.12. The second kappa shape index (κ2) is 17.2. The first kappa shape index (κ1) is 47.0. The van der Waals surface area contributed by atoms with Gasteiger partial charge in [-0.3, -0.25) is 0 Å². The second-order valence-corrected chi connectivity index (χ2v) is 24.2. The van der Waals surface area contributed by atoms with Gasteiger partial charge in [-0.2, -0.15) is 0 Å². The van der Waals surface area contributed by atoms with Crippen molar-refractivity contribution in [1.82, 2.24) is 24.1 Å². The molecule has 72 heavy (non-hydrogen) atoms. The van der Waals surface area contributed by atoms with E-state index in [0.29, 0.717) is 11.6 Å². The average molecular weight is 942 g/mol. The molecule has 0 saturated carbocycles. The van der Waals surface area contributed by atoms with E-state index < -0.39 is 0 Å². The van der Waals surface area contributed by atoms with Gasteiger partial charge in [0, 0.05) is 43.9 Å². The molecular formula is C67H67N5. The van der Waals surface area contributed by atoms with Crippen LogP contribution < -0.4 is 0 Å². The number of hydrogen-bond acceptors (Lipinski definition) is 3. The highest BCUT2D eigenvalue weighted by Gasteiger charge is 2.25. The molecule has 0 fully saturated rings. The van der Waals surface area contributed by atoms with Gasteiger partial charge in [-0.15, -0.1) is 0 Å². The SMILES string of the molecule is CC(C)(C)c1ccc2c(c1)c1cc(C(C)(C)C)ccc1n2-c1ccc(-n2c3ccc(C(C)(C)C)cc3c3cc(C(C)(C)C)ccc32)c(-c2ccc(-c3nc(C4=CC=CCC4)nc(-c4ccccc4)n3)cc2)c1. The van der Waals surface area contributed by atoms with Crippen molar-refractivity contribution in [2.24, 2.45) is 0 Å². The maximum Gasteiger partial charge on any atom is 0.164 e. The Hall–Kier alpha value is -7.37. The minimum Gasteiger partial charge on any atom is -0.309 e. The van der Waals surface area contributed by atoms with Crippen molar-refractivity contribution >= 4 is 49.2 Å². The Labute approximate surface area is 426 Å². The maximum absolute atomic E-state index is 5.15. The fraction of sp³-hybridized carbons (Fsp3) is 0.269. The summed E-state index contributed by atoms with van der Waals surface area (Å²) in [6.07, 6.45) is 8.31. The molecule has 0 spiro atoms. The van der Waals surface area contributed by atoms with Crippen LogP contribution in [0.3, 0.4) is 0 Å². The van der Waals surface area contributed by atoms with E-state index in [9.17, 15) is 0 Å². The minimum absolute atomic E-state index is 0.00527. The van der Waals surface area contributed by atoms with Gasteiger partial charge in [-0.1, -0.05) is 180 Å². The summed E-state index contributed by atoms with van der Waals surface area (Å²) >= 11 is 0. The van der Waals surface area contributed by atoms with Gasteiger partial charge >= 0.3 is 0 Å². The van der Waals surface area contributed by atoms with Gasteiger partial charge in [0.25, 0.3) is 0 Å². The van der Waals surface area contributed by atoms with E-state index in [2.05, 4.69) is 238 Å². The molecule has 7 aromatic carbocycles. The lowest BCUT2D eigenvalue weighted by atomic mass is 9.85. The van der Waals surface area contributed by atoms with Crippen LogP contribution in [0, 0.1) is 0 Å². The molecule has 0 saturated heterocycles. The molecule has 5 nitrogen and oxygen atoms in total. The summed E-state index contributed by atoms with van der Waals surface area (Å²) in [6.45, 7) is 27.7. The van der Waals surface area contributed by atoms with Gasteiger partial charge in [0.05, 0.1) is 27.8 Å². The predicted octanol–water partition coefficient (Wildman–Crippen LogP) is 18.0. The molecule has 0 N–H and O–H groups in total. The average Bonchev–Trinajstić information content (AvgIpc) is 3.87. The summed E-state index contributed by atoms with van der Waals surface area (Å²) in [5, 5.41) is 5.08. The van der Waals surface area contributed by atoms with Crippen LogP contribution in [-0.4, -0.2) is 24.1 Å². The molecule has 0 amide bonds. The number of benzene rings is 7. The largest absolute Gasteiger partial charge is 0.309 e. The summed E-state index contributed by atoms with van der Waals surface area (Å²) in [5.74, 6) is 2.07. The Bertz CT molecular complexity index is 3670. The van der Waals surface area contributed by atoms with Crippen molar-refractivity contribution < 1.29 is 0 Å². The van der Waals surface area contributed by atoms with Crippen molar-refractivity contribution in [3.05, 3.63) is 192 Å². The highest BCUT2D eigenvalue weighted by Crippen LogP contribution is 2.43. The van der Waals surface area contributed by atoms with Gasteiger partial charge < -0.3 is 9.13 Å². The number of rotatable bonds is 6. The van der Waals surface area contributed by atoms with Crippen LogP contribution in [0.5, 0.6) is 0 Å². The van der Waals surface area contributed by atoms with E-state index in [1.807, 2.05) is 18.2 Å². The van der Waals surface area contributed by atoms with E-state index in [-0.39, 0.29) is 21.7 Å². The first-order valence-electron chi connectivity index (χ1n) is 25.8. The quantitative estimate of drug-likeness (QED) is 0.167. The Morgan fingerprint density at radius 1 is 0.389 bits per heavy atom. The van der Waals surface area contributed by atoms with Crippen molar-refractivity contribution in [2.75, 3.05) is 0 Å². The van der Waals surface area contributed by atoms with Crippen molar-refractivity contribution in [1.29, 1.82) is 0 Å². The zero-order chi connectivity index (χ0) is 50.5. The van der Waals surface area contributed by atoms with Crippen LogP contribution in [0.15, 0.2) is 164 Å². The smallest absolute Gasteiger partial charge is 0.164 e. The van der Waals surface area contributed by atoms with Gasteiger partial charge in [0.15, 0.2) is 17.5 Å². The van der Waals surface area contributed by atoms with E-state index >= 15 is 0 Å². The number of aromatic nitrogens is 5. The minimum atomic E-state index is -0.00599. The number of allylic oxidation sites excluding steroid dienone is 4. The van der Waals surface area contributed by atoms with Crippen LogP contribution in [0.2, 0.25) is 0 Å². The van der Waals surface area contributed by atoms with Crippen molar-refractivity contribution in [3.8, 4) is 45.3 Å². The molecule has 5 heteroatoms. The van der Waals surface area contributed by atoms with Crippen LogP contribution in [0.1, 0.15) is 124 Å². The summed E-state index contributed by atoms with van der Waals surface area (Å²) in [7, 11) is 0. The molecule has 0 bridgehead atoms. The fourth-order valence-corrected chi connectivity index (χ4v) is 10.5. The van der Waals surface area contributed by atoms with Crippen LogP contribution in [0.4, 0.5) is 0 Å². The molecule has 0 aliphatic heterocycles. The lowest BCUT2D eigenvalue weighted by Gasteiger charge is -2.20. The summed E-state index contributed by atoms with van der Waals surface area (Å²) in [4.78, 5) is 15.3. The molecule has 0 atom stereocenters. The standard InChI is InChI=1S/C67H67N5/c1-64(2,3)46-27-32-57-52(37-46)53-38-47(65(4,5)6)28-33-58(53)71(57)50-31-36-56(72-59-34-29-48(66(7,8)9)39-54(59)55-40-49(67(10,11)12)30-35-60(55)72)51(41-50)42-23-25-45(26-24-42)63-69-61(43-19-15-13-16-20-43)68-62(70-63)44-21-17-14-18-22-44/h13-17,19-21,23-41H,18,22H2,1-12H3. The lowest BCUT2D eigenvalue weighted by Crippen LogP contribution is -2.10. The van der Waals surface area contributed by atoms with Gasteiger partial charge in [-0.25, -0.2) is 15.0 Å². The molecule has 10 aromatic rings. The number of hydrogen-bond donors (Lipinski definition) is 0. The predicted molar refractivity (Wildman–Crippen MR) is 306 cm³/mol. The normalized spacial score (nSPS) is 13.8. The fourth-order valence-electron chi connectivity index (χ4n) is 10.5. The number of fused-ring (bicyclic) bond motifs is 6. The zero-order valence-electron chi connectivity index (χ0n) is 44.2. The third-order valence-corrected chi connectivity index (χ3v) is 14.9. The topological polar surface area (TPSA) is 48.5 Å². The third-order valence-electron chi connectivity index (χ3n) is 14.9. The van der Waals surface area contributed by atoms with E-state index in [0.717, 1.165) is 57.9 Å².